The molecule has 2 amide bonds. The molecule has 0 aliphatic heterocycles. The molecule has 25 heavy (non-hydrogen) atoms. The predicted molar refractivity (Wildman–Crippen MR) is 95.0 cm³/mol. The zero-order valence-corrected chi connectivity index (χ0v) is 15.4. The van der Waals surface area contributed by atoms with Crippen molar-refractivity contribution in [2.45, 2.75) is 33.0 Å². The number of aliphatic hydroxyl groups excluding tert-OH is 1. The van der Waals surface area contributed by atoms with Crippen LogP contribution in [0.1, 0.15) is 20.8 Å². The molecular formula is C17H29N3O5. The largest absolute Gasteiger partial charge is 0.476 e. The van der Waals surface area contributed by atoms with Crippen molar-refractivity contribution < 1.29 is 24.1 Å². The minimum atomic E-state index is -0.782. The lowest BCUT2D eigenvalue weighted by Crippen LogP contribution is -2.39. The highest BCUT2D eigenvalue weighted by Gasteiger charge is 2.16. The highest BCUT2D eigenvalue weighted by atomic mass is 16.5. The van der Waals surface area contributed by atoms with Crippen LogP contribution in [0.2, 0.25) is 0 Å². The maximum absolute atomic E-state index is 12.2. The molecule has 1 aromatic rings. The summed E-state index contributed by atoms with van der Waals surface area (Å²) in [7, 11) is 1.59. The molecule has 142 valence electrons. The van der Waals surface area contributed by atoms with E-state index < -0.39 is 6.10 Å². The number of likely N-dealkylation sites (N-methyl/N-ethyl adjacent to an activating group) is 1. The monoisotopic (exact) mass is 355 g/mol. The van der Waals surface area contributed by atoms with Gasteiger partial charge in [-0.25, -0.2) is 9.78 Å². The number of urea groups is 1. The van der Waals surface area contributed by atoms with Crippen LogP contribution < -0.4 is 10.1 Å². The molecule has 0 saturated heterocycles. The van der Waals surface area contributed by atoms with Crippen LogP contribution >= 0.6 is 0 Å². The number of rotatable bonds is 11. The molecule has 1 atom stereocenters. The normalized spacial score (nSPS) is 12.1. The number of aliphatic hydroxyl groups is 1. The minimum absolute atomic E-state index is 0.135. The quantitative estimate of drug-likeness (QED) is 0.588. The van der Waals surface area contributed by atoms with Gasteiger partial charge in [0, 0.05) is 13.2 Å². The maximum Gasteiger partial charge on any atom is 0.321 e. The molecule has 0 saturated carbocycles. The van der Waals surface area contributed by atoms with Gasteiger partial charge < -0.3 is 29.5 Å². The van der Waals surface area contributed by atoms with Crippen molar-refractivity contribution >= 4 is 11.7 Å². The van der Waals surface area contributed by atoms with E-state index in [1.54, 1.807) is 25.4 Å². The van der Waals surface area contributed by atoms with E-state index in [9.17, 15) is 9.90 Å². The number of anilines is 1. The standard InChI is InChI=1S/C17H29N3O5/c1-5-24-16-15(7-6-8-18-16)19-17(22)20(4)11-14(21)12-23-9-10-25-13(2)3/h6-8,13-14,21H,5,9-12H2,1-4H3,(H,19,22)/t14-/m0/s1. The van der Waals surface area contributed by atoms with Gasteiger partial charge in [-0.05, 0) is 32.9 Å². The predicted octanol–water partition coefficient (Wildman–Crippen LogP) is 1.75. The van der Waals surface area contributed by atoms with Crippen molar-refractivity contribution in [1.82, 2.24) is 9.88 Å². The highest BCUT2D eigenvalue weighted by molar-refractivity contribution is 5.90. The summed E-state index contributed by atoms with van der Waals surface area (Å²) in [5.74, 6) is 0.362. The Balaban J connectivity index is 2.36. The summed E-state index contributed by atoms with van der Waals surface area (Å²) in [6.45, 7) is 7.34. The van der Waals surface area contributed by atoms with Gasteiger partial charge in [0.1, 0.15) is 5.69 Å². The third-order valence-electron chi connectivity index (χ3n) is 3.11. The van der Waals surface area contributed by atoms with Gasteiger partial charge in [0.25, 0.3) is 0 Å². The molecule has 8 heteroatoms. The fourth-order valence-electron chi connectivity index (χ4n) is 1.96. The first-order chi connectivity index (χ1) is 11.9. The first-order valence-electron chi connectivity index (χ1n) is 8.41. The summed E-state index contributed by atoms with van der Waals surface area (Å²) >= 11 is 0. The van der Waals surface area contributed by atoms with E-state index in [1.165, 1.54) is 4.90 Å². The Morgan fingerprint density at radius 1 is 1.40 bits per heavy atom. The SMILES string of the molecule is CCOc1ncccc1NC(=O)N(C)C[C@H](O)COCCOC(C)C. The average Bonchev–Trinajstić information content (AvgIpc) is 2.56. The van der Waals surface area contributed by atoms with Crippen molar-refractivity contribution in [1.29, 1.82) is 0 Å². The van der Waals surface area contributed by atoms with Gasteiger partial charge in [-0.1, -0.05) is 0 Å². The van der Waals surface area contributed by atoms with Gasteiger partial charge in [-0.2, -0.15) is 0 Å². The Bertz CT molecular complexity index is 513. The molecule has 0 spiro atoms. The number of ether oxygens (including phenoxy) is 3. The summed E-state index contributed by atoms with van der Waals surface area (Å²) in [6.07, 6.45) is 0.960. The maximum atomic E-state index is 12.2. The molecular weight excluding hydrogens is 326 g/mol. The fourth-order valence-corrected chi connectivity index (χ4v) is 1.96. The lowest BCUT2D eigenvalue weighted by molar-refractivity contribution is -0.0144. The van der Waals surface area contributed by atoms with Crippen LogP contribution in [0.5, 0.6) is 5.88 Å². The van der Waals surface area contributed by atoms with E-state index in [4.69, 9.17) is 14.2 Å². The number of hydrogen-bond donors (Lipinski definition) is 2. The lowest BCUT2D eigenvalue weighted by Gasteiger charge is -2.22. The Hall–Kier alpha value is -1.90. The van der Waals surface area contributed by atoms with Gasteiger partial charge in [-0.15, -0.1) is 0 Å². The first-order valence-corrected chi connectivity index (χ1v) is 8.41. The second-order valence-electron chi connectivity index (χ2n) is 5.75. The van der Waals surface area contributed by atoms with Crippen LogP contribution in [-0.2, 0) is 9.47 Å². The number of carbonyl (C=O) groups is 1. The number of nitrogens with one attached hydrogen (secondary N) is 1. The molecule has 0 unspecified atom stereocenters. The summed E-state index contributed by atoms with van der Waals surface area (Å²) in [6, 6.07) is 3.05. The smallest absolute Gasteiger partial charge is 0.321 e. The number of amides is 2. The third-order valence-corrected chi connectivity index (χ3v) is 3.11. The molecule has 1 rings (SSSR count). The van der Waals surface area contributed by atoms with Gasteiger partial charge in [0.15, 0.2) is 0 Å². The number of nitrogens with zero attached hydrogens (tertiary/aromatic N) is 2. The molecule has 0 aliphatic rings. The number of pyridine rings is 1. The highest BCUT2D eigenvalue weighted by Crippen LogP contribution is 2.20. The molecule has 2 N–H and O–H groups in total. The molecule has 0 fully saturated rings. The molecule has 0 aromatic carbocycles. The molecule has 0 radical (unpaired) electrons. The van der Waals surface area contributed by atoms with Crippen LogP contribution in [-0.4, -0.2) is 73.2 Å². The van der Waals surface area contributed by atoms with Crippen LogP contribution in [0.3, 0.4) is 0 Å². The molecule has 1 aromatic heterocycles. The van der Waals surface area contributed by atoms with Gasteiger partial charge in [0.2, 0.25) is 5.88 Å². The Morgan fingerprint density at radius 2 is 2.16 bits per heavy atom. The zero-order chi connectivity index (χ0) is 18.7. The minimum Gasteiger partial charge on any atom is -0.476 e. The summed E-state index contributed by atoms with van der Waals surface area (Å²) in [5, 5.41) is 12.7. The van der Waals surface area contributed by atoms with Crippen LogP contribution in [0, 0.1) is 0 Å². The number of aromatic nitrogens is 1. The Labute approximate surface area is 149 Å². The Morgan fingerprint density at radius 3 is 2.84 bits per heavy atom. The molecule has 0 bridgehead atoms. The van der Waals surface area contributed by atoms with E-state index >= 15 is 0 Å². The van der Waals surface area contributed by atoms with E-state index in [-0.39, 0.29) is 25.3 Å². The Kier molecular flexibility index (Phi) is 9.83. The van der Waals surface area contributed by atoms with Crippen molar-refractivity contribution in [3.63, 3.8) is 0 Å². The van der Waals surface area contributed by atoms with E-state index in [2.05, 4.69) is 10.3 Å². The number of carbonyl (C=O) groups excluding carboxylic acids is 1. The second kappa shape index (κ2) is 11.6. The molecule has 8 nitrogen and oxygen atoms in total. The van der Waals surface area contributed by atoms with Crippen molar-refractivity contribution in [3.05, 3.63) is 18.3 Å². The van der Waals surface area contributed by atoms with Crippen LogP contribution in [0.4, 0.5) is 10.5 Å². The summed E-state index contributed by atoms with van der Waals surface area (Å²) in [4.78, 5) is 17.7. The molecule has 1 heterocycles. The first kappa shape index (κ1) is 21.1. The molecule has 0 aliphatic carbocycles. The summed E-state index contributed by atoms with van der Waals surface area (Å²) < 4.78 is 16.0. The second-order valence-corrected chi connectivity index (χ2v) is 5.75. The third kappa shape index (κ3) is 8.67. The van der Waals surface area contributed by atoms with E-state index in [1.807, 2.05) is 20.8 Å². The lowest BCUT2D eigenvalue weighted by atomic mass is 10.3. The van der Waals surface area contributed by atoms with Gasteiger partial charge >= 0.3 is 6.03 Å². The average molecular weight is 355 g/mol. The van der Waals surface area contributed by atoms with Crippen molar-refractivity contribution in [2.24, 2.45) is 0 Å². The fraction of sp³-hybridized carbons (Fsp3) is 0.647. The van der Waals surface area contributed by atoms with Crippen molar-refractivity contribution in [2.75, 3.05) is 45.3 Å². The summed E-state index contributed by atoms with van der Waals surface area (Å²) in [5.41, 5.74) is 0.484. The van der Waals surface area contributed by atoms with E-state index in [0.717, 1.165) is 0 Å². The van der Waals surface area contributed by atoms with Crippen LogP contribution in [0.25, 0.3) is 0 Å². The van der Waals surface area contributed by atoms with Crippen LogP contribution in [0.15, 0.2) is 18.3 Å². The zero-order valence-electron chi connectivity index (χ0n) is 15.4. The van der Waals surface area contributed by atoms with E-state index in [0.29, 0.717) is 31.4 Å². The van der Waals surface area contributed by atoms with Gasteiger partial charge in [0.05, 0.1) is 45.2 Å². The topological polar surface area (TPSA) is 93.2 Å². The number of hydrogen-bond acceptors (Lipinski definition) is 6. The van der Waals surface area contributed by atoms with Gasteiger partial charge in [-0.3, -0.25) is 0 Å². The van der Waals surface area contributed by atoms with Crippen molar-refractivity contribution in [3.8, 4) is 5.88 Å².